The van der Waals surface area contributed by atoms with Crippen LogP contribution in [0.15, 0.2) is 40.6 Å². The minimum absolute atomic E-state index is 0.615. The largest absolute Gasteiger partial charge is 0.495 e. The second-order valence-corrected chi connectivity index (χ2v) is 4.53. The lowest BCUT2D eigenvalue weighted by Gasteiger charge is -2.08. The van der Waals surface area contributed by atoms with Gasteiger partial charge in [-0.05, 0) is 36.4 Å². The van der Waals surface area contributed by atoms with Crippen molar-refractivity contribution in [1.29, 1.82) is 0 Å². The zero-order valence-electron chi connectivity index (χ0n) is 9.68. The summed E-state index contributed by atoms with van der Waals surface area (Å²) in [5.74, 6) is 0.669. The van der Waals surface area contributed by atoms with Crippen LogP contribution in [0.1, 0.15) is 5.56 Å². The Bertz CT molecular complexity index is 514. The third-order valence-corrected chi connectivity index (χ3v) is 3.17. The summed E-state index contributed by atoms with van der Waals surface area (Å²) in [7, 11) is 1.60. The van der Waals surface area contributed by atoms with E-state index in [0.29, 0.717) is 16.6 Å². The van der Waals surface area contributed by atoms with Gasteiger partial charge >= 0.3 is 0 Å². The minimum atomic E-state index is 0.615. The highest BCUT2D eigenvalue weighted by atomic mass is 32.2. The third-order valence-electron chi connectivity index (χ3n) is 2.20. The number of aryl methyl sites for hydroxylation is 1. The number of nitrogens with two attached hydrogens (primary N) is 1. The maximum atomic E-state index is 5.97. The molecular weight excluding hydrogens is 234 g/mol. The van der Waals surface area contributed by atoms with Crippen LogP contribution in [0.3, 0.4) is 0 Å². The molecule has 0 amide bonds. The molecule has 17 heavy (non-hydrogen) atoms. The van der Waals surface area contributed by atoms with Gasteiger partial charge in [0.1, 0.15) is 5.75 Å². The monoisotopic (exact) mass is 247 g/mol. The van der Waals surface area contributed by atoms with Crippen LogP contribution in [0.2, 0.25) is 0 Å². The van der Waals surface area contributed by atoms with Gasteiger partial charge in [0.05, 0.1) is 12.8 Å². The highest BCUT2D eigenvalue weighted by molar-refractivity contribution is 7.99. The molecule has 0 bridgehead atoms. The Hall–Kier alpha value is -1.75. The van der Waals surface area contributed by atoms with Crippen LogP contribution in [0.4, 0.5) is 5.69 Å². The van der Waals surface area contributed by atoms with E-state index in [0.717, 1.165) is 10.5 Å². The molecule has 0 fully saturated rings. The molecule has 0 saturated carbocycles. The first-order chi connectivity index (χ1) is 8.20. The molecule has 2 aromatic rings. The second-order valence-electron chi connectivity index (χ2n) is 3.52. The van der Waals surface area contributed by atoms with Gasteiger partial charge in [0.15, 0.2) is 5.16 Å². The van der Waals surface area contributed by atoms with E-state index in [1.165, 1.54) is 11.8 Å². The number of para-hydroxylation sites is 1. The van der Waals surface area contributed by atoms with Gasteiger partial charge in [0.2, 0.25) is 0 Å². The standard InChI is InChI=1S/C12H13N3OS/c1-8-6-14-12(15-7-8)17-10-5-3-4-9(16-2)11(10)13/h3-7H,13H2,1-2H3. The molecular formula is C12H13N3OS. The summed E-state index contributed by atoms with van der Waals surface area (Å²) < 4.78 is 5.16. The molecule has 4 nitrogen and oxygen atoms in total. The molecule has 0 aliphatic heterocycles. The van der Waals surface area contributed by atoms with Crippen molar-refractivity contribution in [2.24, 2.45) is 0 Å². The van der Waals surface area contributed by atoms with Gasteiger partial charge in [0, 0.05) is 17.3 Å². The molecule has 2 rings (SSSR count). The first-order valence-corrected chi connectivity index (χ1v) is 5.91. The van der Waals surface area contributed by atoms with E-state index in [1.54, 1.807) is 19.5 Å². The van der Waals surface area contributed by atoms with Crippen LogP contribution >= 0.6 is 11.8 Å². The number of hydrogen-bond acceptors (Lipinski definition) is 5. The number of anilines is 1. The molecule has 88 valence electrons. The number of nitrogens with zero attached hydrogens (tertiary/aromatic N) is 2. The molecule has 1 aromatic heterocycles. The Morgan fingerprint density at radius 2 is 1.94 bits per heavy atom. The molecule has 1 aromatic carbocycles. The molecule has 0 aliphatic carbocycles. The van der Waals surface area contributed by atoms with Crippen LogP contribution in [-0.4, -0.2) is 17.1 Å². The van der Waals surface area contributed by atoms with E-state index in [-0.39, 0.29) is 0 Å². The lowest BCUT2D eigenvalue weighted by Crippen LogP contribution is -1.95. The number of methoxy groups -OCH3 is 1. The fourth-order valence-corrected chi connectivity index (χ4v) is 2.09. The molecule has 1 heterocycles. The maximum Gasteiger partial charge on any atom is 0.192 e. The third kappa shape index (κ3) is 2.68. The normalized spacial score (nSPS) is 10.2. The predicted molar refractivity (Wildman–Crippen MR) is 68.3 cm³/mol. The Balaban J connectivity index is 2.27. The minimum Gasteiger partial charge on any atom is -0.495 e. The highest BCUT2D eigenvalue weighted by Gasteiger charge is 2.08. The summed E-state index contributed by atoms with van der Waals surface area (Å²) in [4.78, 5) is 9.35. The van der Waals surface area contributed by atoms with Gasteiger partial charge in [0.25, 0.3) is 0 Å². The van der Waals surface area contributed by atoms with Crippen molar-refractivity contribution >= 4 is 17.4 Å². The Kier molecular flexibility index (Phi) is 3.49. The Labute approximate surface area is 104 Å². The average molecular weight is 247 g/mol. The fraction of sp³-hybridized carbons (Fsp3) is 0.167. The van der Waals surface area contributed by atoms with E-state index in [1.807, 2.05) is 25.1 Å². The van der Waals surface area contributed by atoms with Crippen molar-refractivity contribution in [2.45, 2.75) is 17.0 Å². The zero-order chi connectivity index (χ0) is 12.3. The summed E-state index contributed by atoms with van der Waals surface area (Å²) in [6.07, 6.45) is 3.57. The highest BCUT2D eigenvalue weighted by Crippen LogP contribution is 2.35. The van der Waals surface area contributed by atoms with Crippen molar-refractivity contribution in [3.8, 4) is 5.75 Å². The van der Waals surface area contributed by atoms with Crippen LogP contribution in [0, 0.1) is 6.92 Å². The molecule has 0 saturated heterocycles. The van der Waals surface area contributed by atoms with Gasteiger partial charge in [-0.25, -0.2) is 9.97 Å². The van der Waals surface area contributed by atoms with Crippen LogP contribution < -0.4 is 10.5 Å². The average Bonchev–Trinajstić information content (AvgIpc) is 2.35. The predicted octanol–water partition coefficient (Wildman–Crippen LogP) is 2.53. The van der Waals surface area contributed by atoms with Gasteiger partial charge in [-0.2, -0.15) is 0 Å². The van der Waals surface area contributed by atoms with E-state index < -0.39 is 0 Å². The molecule has 0 atom stereocenters. The Morgan fingerprint density at radius 3 is 2.59 bits per heavy atom. The SMILES string of the molecule is COc1cccc(Sc2ncc(C)cn2)c1N. The summed E-state index contributed by atoms with van der Waals surface area (Å²) in [6.45, 7) is 1.95. The summed E-state index contributed by atoms with van der Waals surface area (Å²) >= 11 is 1.43. The molecule has 0 unspecified atom stereocenters. The van der Waals surface area contributed by atoms with Gasteiger partial charge in [-0.15, -0.1) is 0 Å². The number of ether oxygens (including phenoxy) is 1. The van der Waals surface area contributed by atoms with Crippen LogP contribution in [-0.2, 0) is 0 Å². The molecule has 2 N–H and O–H groups in total. The zero-order valence-corrected chi connectivity index (χ0v) is 10.5. The van der Waals surface area contributed by atoms with E-state index in [2.05, 4.69) is 9.97 Å². The van der Waals surface area contributed by atoms with Crippen LogP contribution in [0.25, 0.3) is 0 Å². The molecule has 5 heteroatoms. The quantitative estimate of drug-likeness (QED) is 0.667. The van der Waals surface area contributed by atoms with E-state index in [9.17, 15) is 0 Å². The van der Waals surface area contributed by atoms with Crippen molar-refractivity contribution in [3.05, 3.63) is 36.2 Å². The summed E-state index contributed by atoms with van der Waals surface area (Å²) in [6, 6.07) is 5.65. The maximum absolute atomic E-state index is 5.97. The molecule has 0 spiro atoms. The lowest BCUT2D eigenvalue weighted by atomic mass is 10.3. The van der Waals surface area contributed by atoms with Crippen molar-refractivity contribution in [3.63, 3.8) is 0 Å². The van der Waals surface area contributed by atoms with Crippen molar-refractivity contribution < 1.29 is 4.74 Å². The number of aromatic nitrogens is 2. The first-order valence-electron chi connectivity index (χ1n) is 5.09. The fourth-order valence-electron chi connectivity index (χ4n) is 1.32. The number of hydrogen-bond donors (Lipinski definition) is 1. The lowest BCUT2D eigenvalue weighted by molar-refractivity contribution is 0.416. The van der Waals surface area contributed by atoms with Gasteiger partial charge in [-0.3, -0.25) is 0 Å². The summed E-state index contributed by atoms with van der Waals surface area (Å²) in [5.41, 5.74) is 7.62. The smallest absolute Gasteiger partial charge is 0.192 e. The first kappa shape index (κ1) is 11.7. The van der Waals surface area contributed by atoms with Gasteiger partial charge in [-0.1, -0.05) is 6.07 Å². The summed E-state index contributed by atoms with van der Waals surface area (Å²) in [5, 5.41) is 0.676. The van der Waals surface area contributed by atoms with E-state index in [4.69, 9.17) is 10.5 Å². The molecule has 0 aliphatic rings. The number of nitrogen functional groups attached to an aromatic ring is 1. The van der Waals surface area contributed by atoms with E-state index >= 15 is 0 Å². The Morgan fingerprint density at radius 1 is 1.24 bits per heavy atom. The number of benzene rings is 1. The van der Waals surface area contributed by atoms with Gasteiger partial charge < -0.3 is 10.5 Å². The van der Waals surface area contributed by atoms with Crippen LogP contribution in [0.5, 0.6) is 5.75 Å². The number of rotatable bonds is 3. The van der Waals surface area contributed by atoms with Crippen molar-refractivity contribution in [2.75, 3.05) is 12.8 Å². The molecule has 0 radical (unpaired) electrons. The second kappa shape index (κ2) is 5.05. The topological polar surface area (TPSA) is 61.0 Å². The van der Waals surface area contributed by atoms with Crippen molar-refractivity contribution in [1.82, 2.24) is 9.97 Å².